The van der Waals surface area contributed by atoms with Gasteiger partial charge in [-0.3, -0.25) is 4.79 Å². The number of methoxy groups -OCH3 is 2. The van der Waals surface area contributed by atoms with Crippen molar-refractivity contribution >= 4 is 43.2 Å². The Balaban J connectivity index is 1.47. The summed E-state index contributed by atoms with van der Waals surface area (Å²) in [6.45, 7) is -0.355. The van der Waals surface area contributed by atoms with Crippen LogP contribution in [0, 0.1) is 0 Å². The zero-order valence-electron chi connectivity index (χ0n) is 18.8. The fourth-order valence-corrected chi connectivity index (χ4v) is 5.31. The van der Waals surface area contributed by atoms with E-state index in [9.17, 15) is 13.2 Å². The molecular weight excluding hydrogens is 474 g/mol. The van der Waals surface area contributed by atoms with E-state index in [4.69, 9.17) is 9.47 Å². The number of rotatable bonds is 8. The molecule has 1 amide bonds. The maximum atomic E-state index is 13.0. The number of benzene rings is 3. The van der Waals surface area contributed by atoms with Crippen LogP contribution in [0.2, 0.25) is 0 Å². The zero-order valence-corrected chi connectivity index (χ0v) is 20.4. The quantitative estimate of drug-likeness (QED) is 0.391. The van der Waals surface area contributed by atoms with E-state index < -0.39 is 15.9 Å². The van der Waals surface area contributed by atoms with Gasteiger partial charge >= 0.3 is 0 Å². The molecule has 10 heteroatoms. The Bertz CT molecular complexity index is 1450. The Kier molecular flexibility index (Phi) is 6.82. The number of likely N-dealkylation sites (N-methyl/N-ethyl adjacent to an activating group) is 1. The number of thiazole rings is 1. The van der Waals surface area contributed by atoms with Crippen LogP contribution in [0.5, 0.6) is 11.5 Å². The van der Waals surface area contributed by atoms with Gasteiger partial charge in [0.2, 0.25) is 15.9 Å². The first kappa shape index (κ1) is 23.7. The summed E-state index contributed by atoms with van der Waals surface area (Å²) in [5.74, 6) is 0.769. The maximum Gasteiger partial charge on any atom is 0.243 e. The van der Waals surface area contributed by atoms with Crippen molar-refractivity contribution in [2.45, 2.75) is 4.90 Å². The molecule has 34 heavy (non-hydrogen) atoms. The predicted octanol–water partition coefficient (Wildman–Crippen LogP) is 4.24. The molecule has 0 unspecified atom stereocenters. The molecule has 0 saturated carbocycles. The molecule has 0 fully saturated rings. The van der Waals surface area contributed by atoms with Gasteiger partial charge in [0, 0.05) is 18.0 Å². The topological polar surface area (TPSA) is 97.8 Å². The first-order valence-electron chi connectivity index (χ1n) is 10.2. The summed E-state index contributed by atoms with van der Waals surface area (Å²) in [5, 5.41) is 6.55. The highest BCUT2D eigenvalue weighted by Gasteiger charge is 2.24. The Labute approximate surface area is 201 Å². The van der Waals surface area contributed by atoms with Gasteiger partial charge < -0.3 is 14.8 Å². The first-order valence-corrected chi connectivity index (χ1v) is 12.6. The molecule has 0 atom stereocenters. The SMILES string of the molecule is COc1ccc(OC)c(-c2csc(NC(=O)CN(C)S(=O)(=O)c3ccc4ccccc4c3)n2)c1. The Morgan fingerprint density at radius 3 is 2.53 bits per heavy atom. The van der Waals surface area contributed by atoms with Crippen LogP contribution in [0.1, 0.15) is 0 Å². The van der Waals surface area contributed by atoms with E-state index in [0.29, 0.717) is 22.3 Å². The molecule has 0 radical (unpaired) electrons. The average molecular weight is 498 g/mol. The van der Waals surface area contributed by atoms with Crippen molar-refractivity contribution in [1.82, 2.24) is 9.29 Å². The Morgan fingerprint density at radius 1 is 1.03 bits per heavy atom. The summed E-state index contributed by atoms with van der Waals surface area (Å²) in [6.07, 6.45) is 0. The van der Waals surface area contributed by atoms with E-state index in [-0.39, 0.29) is 11.4 Å². The van der Waals surface area contributed by atoms with E-state index in [2.05, 4.69) is 10.3 Å². The van der Waals surface area contributed by atoms with Gasteiger partial charge in [-0.05, 0) is 41.1 Å². The molecule has 3 aromatic carbocycles. The smallest absolute Gasteiger partial charge is 0.243 e. The Hall–Kier alpha value is -3.47. The summed E-state index contributed by atoms with van der Waals surface area (Å²) < 4.78 is 37.7. The van der Waals surface area contributed by atoms with Crippen molar-refractivity contribution in [3.8, 4) is 22.8 Å². The second-order valence-corrected chi connectivity index (χ2v) is 10.3. The van der Waals surface area contributed by atoms with Crippen LogP contribution in [-0.2, 0) is 14.8 Å². The van der Waals surface area contributed by atoms with Crippen LogP contribution in [0.25, 0.3) is 22.0 Å². The number of carbonyl (C=O) groups excluding carboxylic acids is 1. The fraction of sp³-hybridized carbons (Fsp3) is 0.167. The standard InChI is InChI=1S/C24H23N3O5S2/c1-27(34(29,30)19-10-8-16-6-4-5-7-17(16)12-19)14-23(28)26-24-25-21(15-33-24)20-13-18(31-2)9-11-22(20)32-3/h4-13,15H,14H2,1-3H3,(H,25,26,28). The zero-order chi connectivity index (χ0) is 24.3. The molecule has 176 valence electrons. The summed E-state index contributed by atoms with van der Waals surface area (Å²) in [5.41, 5.74) is 1.32. The van der Waals surface area contributed by atoms with Crippen LogP contribution in [0.15, 0.2) is 70.9 Å². The third-order valence-electron chi connectivity index (χ3n) is 5.23. The minimum absolute atomic E-state index is 0.128. The number of aromatic nitrogens is 1. The minimum Gasteiger partial charge on any atom is -0.497 e. The third kappa shape index (κ3) is 4.89. The lowest BCUT2D eigenvalue weighted by Gasteiger charge is -2.17. The van der Waals surface area contributed by atoms with Gasteiger partial charge in [0.25, 0.3) is 0 Å². The molecule has 0 saturated heterocycles. The van der Waals surface area contributed by atoms with Crippen molar-refractivity contribution in [3.05, 3.63) is 66.0 Å². The molecule has 8 nitrogen and oxygen atoms in total. The van der Waals surface area contributed by atoms with Gasteiger partial charge in [0.05, 0.1) is 31.4 Å². The van der Waals surface area contributed by atoms with Crippen LogP contribution < -0.4 is 14.8 Å². The highest BCUT2D eigenvalue weighted by atomic mass is 32.2. The number of amides is 1. The largest absolute Gasteiger partial charge is 0.497 e. The highest BCUT2D eigenvalue weighted by molar-refractivity contribution is 7.89. The molecule has 0 aliphatic carbocycles. The number of fused-ring (bicyclic) bond motifs is 1. The predicted molar refractivity (Wildman–Crippen MR) is 133 cm³/mol. The lowest BCUT2D eigenvalue weighted by molar-refractivity contribution is -0.116. The molecule has 4 aromatic rings. The van der Waals surface area contributed by atoms with Crippen LogP contribution in [0.4, 0.5) is 5.13 Å². The molecule has 1 aromatic heterocycles. The van der Waals surface area contributed by atoms with E-state index in [1.807, 2.05) is 24.3 Å². The monoisotopic (exact) mass is 497 g/mol. The number of sulfonamides is 1. The summed E-state index contributed by atoms with van der Waals surface area (Å²) in [4.78, 5) is 17.2. The normalized spacial score (nSPS) is 11.5. The van der Waals surface area contributed by atoms with Gasteiger partial charge in [0.1, 0.15) is 11.5 Å². The number of hydrogen-bond acceptors (Lipinski definition) is 7. The lowest BCUT2D eigenvalue weighted by Crippen LogP contribution is -2.34. The van der Waals surface area contributed by atoms with Gasteiger partial charge in [-0.2, -0.15) is 4.31 Å². The summed E-state index contributed by atoms with van der Waals surface area (Å²) in [6, 6.07) is 17.7. The van der Waals surface area contributed by atoms with E-state index in [1.54, 1.807) is 56.0 Å². The fourth-order valence-electron chi connectivity index (χ4n) is 3.42. The van der Waals surface area contributed by atoms with Crippen LogP contribution >= 0.6 is 11.3 Å². The lowest BCUT2D eigenvalue weighted by atomic mass is 10.1. The van der Waals surface area contributed by atoms with E-state index in [1.165, 1.54) is 18.4 Å². The van der Waals surface area contributed by atoms with Crippen molar-refractivity contribution in [3.63, 3.8) is 0 Å². The summed E-state index contributed by atoms with van der Waals surface area (Å²) in [7, 11) is 0.658. The van der Waals surface area contributed by atoms with Crippen molar-refractivity contribution in [2.24, 2.45) is 0 Å². The molecule has 1 heterocycles. The van der Waals surface area contributed by atoms with Gasteiger partial charge in [-0.15, -0.1) is 11.3 Å². The second-order valence-electron chi connectivity index (χ2n) is 7.42. The maximum absolute atomic E-state index is 13.0. The number of ether oxygens (including phenoxy) is 2. The molecule has 0 bridgehead atoms. The molecule has 0 spiro atoms. The highest BCUT2D eigenvalue weighted by Crippen LogP contribution is 2.35. The molecule has 4 rings (SSSR count). The minimum atomic E-state index is -3.85. The number of nitrogens with zero attached hydrogens (tertiary/aromatic N) is 2. The van der Waals surface area contributed by atoms with E-state index in [0.717, 1.165) is 20.6 Å². The molecule has 0 aliphatic rings. The van der Waals surface area contributed by atoms with E-state index >= 15 is 0 Å². The first-order chi connectivity index (χ1) is 16.3. The molecular formula is C24H23N3O5S2. The van der Waals surface area contributed by atoms with Gasteiger partial charge in [0.15, 0.2) is 5.13 Å². The van der Waals surface area contributed by atoms with Crippen LogP contribution in [0.3, 0.4) is 0 Å². The average Bonchev–Trinajstić information content (AvgIpc) is 3.31. The number of anilines is 1. The second kappa shape index (κ2) is 9.80. The van der Waals surface area contributed by atoms with Gasteiger partial charge in [-0.1, -0.05) is 30.3 Å². The number of hydrogen-bond donors (Lipinski definition) is 1. The molecule has 0 aliphatic heterocycles. The third-order valence-corrected chi connectivity index (χ3v) is 7.79. The van der Waals surface area contributed by atoms with Crippen molar-refractivity contribution < 1.29 is 22.7 Å². The van der Waals surface area contributed by atoms with Gasteiger partial charge in [-0.25, -0.2) is 13.4 Å². The summed E-state index contributed by atoms with van der Waals surface area (Å²) >= 11 is 1.23. The molecule has 1 N–H and O–H groups in total. The number of nitrogens with one attached hydrogen (secondary N) is 1. The van der Waals surface area contributed by atoms with Crippen LogP contribution in [-0.4, -0.2) is 51.4 Å². The Morgan fingerprint density at radius 2 is 1.79 bits per heavy atom. The number of carbonyl (C=O) groups is 1. The van der Waals surface area contributed by atoms with Crippen molar-refractivity contribution in [2.75, 3.05) is 33.1 Å². The van der Waals surface area contributed by atoms with Crippen molar-refractivity contribution in [1.29, 1.82) is 0 Å².